The lowest BCUT2D eigenvalue weighted by Gasteiger charge is -2.16. The van der Waals surface area contributed by atoms with E-state index in [0.29, 0.717) is 29.7 Å². The topological polar surface area (TPSA) is 78.9 Å². The molecule has 0 amide bonds. The Morgan fingerprint density at radius 2 is 2.07 bits per heavy atom. The fraction of sp³-hybridized carbons (Fsp3) is 0.476. The van der Waals surface area contributed by atoms with Crippen molar-refractivity contribution in [2.24, 2.45) is 4.99 Å². The summed E-state index contributed by atoms with van der Waals surface area (Å²) in [6.45, 7) is 9.33. The van der Waals surface area contributed by atoms with Crippen LogP contribution in [0.2, 0.25) is 0 Å². The van der Waals surface area contributed by atoms with Crippen LogP contribution in [-0.2, 0) is 11.3 Å². The van der Waals surface area contributed by atoms with E-state index in [1.165, 1.54) is 11.3 Å². The average molecular weight is 545 g/mol. The summed E-state index contributed by atoms with van der Waals surface area (Å²) in [6.07, 6.45) is 0. The summed E-state index contributed by atoms with van der Waals surface area (Å²) in [4.78, 5) is 23.9. The Balaban J connectivity index is 0.00000450. The maximum absolute atomic E-state index is 12.0. The normalized spacial score (nSPS) is 12.0. The lowest BCUT2D eigenvalue weighted by molar-refractivity contribution is 0.0531. The summed E-state index contributed by atoms with van der Waals surface area (Å²) in [6, 6.07) is 8.22. The van der Waals surface area contributed by atoms with E-state index in [2.05, 4.69) is 38.7 Å². The molecule has 7 nitrogen and oxygen atoms in total. The minimum Gasteiger partial charge on any atom is -0.462 e. The number of nitrogens with zero attached hydrogens (tertiary/aromatic N) is 3. The highest BCUT2D eigenvalue weighted by Gasteiger charge is 2.20. The van der Waals surface area contributed by atoms with Crippen molar-refractivity contribution in [1.82, 2.24) is 15.6 Å². The highest BCUT2D eigenvalue weighted by atomic mass is 127. The molecule has 0 bridgehead atoms. The van der Waals surface area contributed by atoms with Crippen molar-refractivity contribution >= 4 is 52.9 Å². The van der Waals surface area contributed by atoms with E-state index in [0.717, 1.165) is 22.8 Å². The van der Waals surface area contributed by atoms with Crippen molar-refractivity contribution in [3.63, 3.8) is 0 Å². The van der Waals surface area contributed by atoms with E-state index in [1.54, 1.807) is 6.92 Å². The van der Waals surface area contributed by atoms with Gasteiger partial charge in [-0.25, -0.2) is 14.8 Å². The van der Waals surface area contributed by atoms with Crippen molar-refractivity contribution in [1.29, 1.82) is 0 Å². The third-order valence-corrected chi connectivity index (χ3v) is 5.51. The van der Waals surface area contributed by atoms with Crippen LogP contribution in [0.3, 0.4) is 0 Å². The Bertz CT molecular complexity index is 854. The second kappa shape index (κ2) is 12.7. The van der Waals surface area contributed by atoms with Gasteiger partial charge >= 0.3 is 5.97 Å². The van der Waals surface area contributed by atoms with E-state index in [1.807, 2.05) is 40.9 Å². The van der Waals surface area contributed by atoms with Gasteiger partial charge < -0.3 is 20.3 Å². The highest BCUT2D eigenvalue weighted by Crippen LogP contribution is 2.24. The van der Waals surface area contributed by atoms with Gasteiger partial charge in [0.05, 0.1) is 24.9 Å². The fourth-order valence-corrected chi connectivity index (χ4v) is 3.64. The summed E-state index contributed by atoms with van der Waals surface area (Å²) in [7, 11) is 4.05. The molecule has 166 valence electrons. The molecule has 0 fully saturated rings. The molecule has 30 heavy (non-hydrogen) atoms. The van der Waals surface area contributed by atoms with Gasteiger partial charge in [-0.05, 0) is 45.4 Å². The van der Waals surface area contributed by atoms with Crippen LogP contribution in [0.5, 0.6) is 0 Å². The zero-order valence-electron chi connectivity index (χ0n) is 18.5. The Morgan fingerprint density at radius 3 is 2.70 bits per heavy atom. The van der Waals surface area contributed by atoms with Crippen LogP contribution in [0.25, 0.3) is 0 Å². The molecule has 1 atom stereocenters. The summed E-state index contributed by atoms with van der Waals surface area (Å²) in [5.74, 6) is 0.392. The molecular weight excluding hydrogens is 513 g/mol. The molecule has 1 heterocycles. The number of halogens is 1. The number of rotatable bonds is 8. The molecule has 2 aromatic rings. The fourth-order valence-electron chi connectivity index (χ4n) is 2.68. The van der Waals surface area contributed by atoms with Crippen LogP contribution in [0.1, 0.15) is 52.7 Å². The zero-order chi connectivity index (χ0) is 21.4. The maximum Gasteiger partial charge on any atom is 0.350 e. The predicted molar refractivity (Wildman–Crippen MR) is 135 cm³/mol. The number of benzene rings is 1. The van der Waals surface area contributed by atoms with Crippen LogP contribution < -0.4 is 15.5 Å². The number of aliphatic imine (C=N–C) groups is 1. The average Bonchev–Trinajstić information content (AvgIpc) is 3.08. The molecule has 0 aliphatic carbocycles. The number of guanidine groups is 1. The number of aryl methyl sites for hydroxylation is 1. The number of carbonyl (C=O) groups excluding carboxylic acids is 1. The maximum atomic E-state index is 12.0. The molecule has 2 rings (SSSR count). The monoisotopic (exact) mass is 545 g/mol. The van der Waals surface area contributed by atoms with Crippen molar-refractivity contribution in [3.8, 4) is 0 Å². The third kappa shape index (κ3) is 7.42. The largest absolute Gasteiger partial charge is 0.462 e. The first-order chi connectivity index (χ1) is 13.8. The first-order valence-electron chi connectivity index (χ1n) is 9.81. The van der Waals surface area contributed by atoms with Crippen LogP contribution in [0.15, 0.2) is 29.3 Å². The molecule has 1 unspecified atom stereocenters. The molecule has 0 spiro atoms. The van der Waals surface area contributed by atoms with Gasteiger partial charge in [0.2, 0.25) is 0 Å². The number of hydrogen-bond donors (Lipinski definition) is 2. The quantitative estimate of drug-likeness (QED) is 0.225. The number of anilines is 1. The third-order valence-electron chi connectivity index (χ3n) is 4.19. The minimum absolute atomic E-state index is 0. The smallest absolute Gasteiger partial charge is 0.350 e. The summed E-state index contributed by atoms with van der Waals surface area (Å²) < 4.78 is 5.11. The van der Waals surface area contributed by atoms with Gasteiger partial charge in [-0.15, -0.1) is 35.3 Å². The molecule has 0 aliphatic heterocycles. The molecule has 2 N–H and O–H groups in total. The molecule has 1 aromatic heterocycles. The van der Waals surface area contributed by atoms with E-state index >= 15 is 0 Å². The highest BCUT2D eigenvalue weighted by molar-refractivity contribution is 14.0. The van der Waals surface area contributed by atoms with E-state index < -0.39 is 0 Å². The molecule has 0 radical (unpaired) electrons. The van der Waals surface area contributed by atoms with E-state index in [4.69, 9.17) is 9.73 Å². The van der Waals surface area contributed by atoms with Gasteiger partial charge in [-0.1, -0.05) is 12.1 Å². The predicted octanol–water partition coefficient (Wildman–Crippen LogP) is 4.13. The Labute approximate surface area is 200 Å². The summed E-state index contributed by atoms with van der Waals surface area (Å²) >= 11 is 1.36. The Hall–Kier alpha value is -1.88. The lowest BCUT2D eigenvalue weighted by atomic mass is 10.2. The Kier molecular flexibility index (Phi) is 11.1. The summed E-state index contributed by atoms with van der Waals surface area (Å²) in [5, 5.41) is 7.47. The summed E-state index contributed by atoms with van der Waals surface area (Å²) in [5.41, 5.74) is 2.98. The number of esters is 1. The second-order valence-corrected chi connectivity index (χ2v) is 7.84. The number of nitrogens with one attached hydrogen (secondary N) is 2. The molecular formula is C21H32IN5O2S. The number of aromatic nitrogens is 1. The lowest BCUT2D eigenvalue weighted by Crippen LogP contribution is -2.38. The minimum atomic E-state index is -0.317. The standard InChI is InChI=1S/C21H31N5O2S.HI/c1-7-22-21(23-13-16-10-9-11-17(12-16)26(5)6)25-15(4)19-24-14(3)18(29-19)20(27)28-8-2;/h9-12,15H,7-8,13H2,1-6H3,(H2,22,23,25);1H. The van der Waals surface area contributed by atoms with Crippen molar-refractivity contribution < 1.29 is 9.53 Å². The first-order valence-corrected chi connectivity index (χ1v) is 10.6. The van der Waals surface area contributed by atoms with E-state index in [9.17, 15) is 4.79 Å². The van der Waals surface area contributed by atoms with Crippen LogP contribution in [0.4, 0.5) is 5.69 Å². The molecule has 9 heteroatoms. The van der Waals surface area contributed by atoms with Gasteiger partial charge in [0, 0.05) is 26.3 Å². The number of thiazole rings is 1. The number of carbonyl (C=O) groups is 1. The van der Waals surface area contributed by atoms with Crippen molar-refractivity contribution in [2.45, 2.75) is 40.3 Å². The molecule has 0 saturated heterocycles. The van der Waals surface area contributed by atoms with E-state index in [-0.39, 0.29) is 36.0 Å². The molecule has 0 aliphatic rings. The van der Waals surface area contributed by atoms with Crippen molar-refractivity contribution in [2.75, 3.05) is 32.1 Å². The van der Waals surface area contributed by atoms with Crippen molar-refractivity contribution in [3.05, 3.63) is 45.4 Å². The van der Waals surface area contributed by atoms with Gasteiger partial charge in [-0.3, -0.25) is 0 Å². The first kappa shape index (κ1) is 26.2. The van der Waals surface area contributed by atoms with Crippen LogP contribution in [0, 0.1) is 6.92 Å². The van der Waals surface area contributed by atoms with Gasteiger partial charge in [0.1, 0.15) is 9.88 Å². The number of hydrogen-bond acceptors (Lipinski definition) is 6. The molecule has 1 aromatic carbocycles. The van der Waals surface area contributed by atoms with Crippen LogP contribution in [-0.4, -0.2) is 44.2 Å². The zero-order valence-corrected chi connectivity index (χ0v) is 21.6. The van der Waals surface area contributed by atoms with Crippen LogP contribution >= 0.6 is 35.3 Å². The number of ether oxygens (including phenoxy) is 1. The Morgan fingerprint density at radius 1 is 1.33 bits per heavy atom. The second-order valence-electron chi connectivity index (χ2n) is 6.81. The van der Waals surface area contributed by atoms with Gasteiger partial charge in [-0.2, -0.15) is 0 Å². The SMILES string of the molecule is CCNC(=NCc1cccc(N(C)C)c1)NC(C)c1nc(C)c(C(=O)OCC)s1.I. The van der Waals surface area contributed by atoms with Gasteiger partial charge in [0.25, 0.3) is 0 Å². The molecule has 0 saturated carbocycles. The van der Waals surface area contributed by atoms with Gasteiger partial charge in [0.15, 0.2) is 5.96 Å².